The fourth-order valence-corrected chi connectivity index (χ4v) is 4.28. The van der Waals surface area contributed by atoms with Gasteiger partial charge in [0.15, 0.2) is 0 Å². The van der Waals surface area contributed by atoms with E-state index in [1.165, 1.54) is 20.6 Å². The van der Waals surface area contributed by atoms with E-state index in [9.17, 15) is 0 Å². The zero-order valence-corrected chi connectivity index (χ0v) is 21.1. The number of hydrogen-bond donors (Lipinski definition) is 0. The maximum absolute atomic E-state index is 6.65. The molecule has 27 heavy (non-hydrogen) atoms. The van der Waals surface area contributed by atoms with Crippen molar-refractivity contribution in [2.75, 3.05) is 6.61 Å². The van der Waals surface area contributed by atoms with Crippen molar-refractivity contribution in [2.24, 2.45) is 10.8 Å². The second-order valence-corrected chi connectivity index (χ2v) is 10.5. The molecule has 0 amide bonds. The van der Waals surface area contributed by atoms with Gasteiger partial charge in [-0.3, -0.25) is 0 Å². The van der Waals surface area contributed by atoms with E-state index in [-0.39, 0.29) is 41.2 Å². The van der Waals surface area contributed by atoms with Gasteiger partial charge in [-0.05, 0) is 0 Å². The molecule has 0 aliphatic heterocycles. The Balaban J connectivity index is 0.00000338. The molecule has 0 aromatic rings. The summed E-state index contributed by atoms with van der Waals surface area (Å²) in [5.74, 6) is 0. The maximum atomic E-state index is 6.65. The SMILES string of the molecule is CCCOC1(CC2=[C]([Ti+2])CC=C2)CC=C(C(C)(C)C)C=C1C(C)(C)C.[Cl-].[Cl-]. The average molecular weight is 446 g/mol. The van der Waals surface area contributed by atoms with Crippen molar-refractivity contribution in [2.45, 2.75) is 79.8 Å². The molecule has 1 atom stereocenters. The van der Waals surface area contributed by atoms with Gasteiger partial charge in [0.25, 0.3) is 0 Å². The Bertz CT molecular complexity index is 630. The first-order valence-electron chi connectivity index (χ1n) is 9.67. The third kappa shape index (κ3) is 6.61. The predicted molar refractivity (Wildman–Crippen MR) is 104 cm³/mol. The Hall–Kier alpha value is 0.214. The van der Waals surface area contributed by atoms with Gasteiger partial charge in [0.1, 0.15) is 0 Å². The zero-order valence-electron chi connectivity index (χ0n) is 18.0. The first kappa shape index (κ1) is 27.2. The van der Waals surface area contributed by atoms with E-state index in [0.29, 0.717) is 0 Å². The fourth-order valence-electron chi connectivity index (χ4n) is 3.83. The minimum atomic E-state index is -0.200. The summed E-state index contributed by atoms with van der Waals surface area (Å²) in [4.78, 5) is 0. The van der Waals surface area contributed by atoms with E-state index in [1.807, 2.05) is 0 Å². The third-order valence-corrected chi connectivity index (χ3v) is 6.02. The number of allylic oxidation sites excluding steroid dienone is 5. The Kier molecular flexibility index (Phi) is 10.4. The van der Waals surface area contributed by atoms with Crippen LogP contribution in [0.1, 0.15) is 74.1 Å². The molecule has 0 spiro atoms. The van der Waals surface area contributed by atoms with Crippen molar-refractivity contribution < 1.29 is 50.0 Å². The molecular weight excluding hydrogens is 411 g/mol. The van der Waals surface area contributed by atoms with Crippen molar-refractivity contribution in [3.05, 3.63) is 44.9 Å². The monoisotopic (exact) mass is 445 g/mol. The molecule has 0 aromatic carbocycles. The predicted octanol–water partition coefficient (Wildman–Crippen LogP) is 0.659. The van der Waals surface area contributed by atoms with Gasteiger partial charge in [-0.1, -0.05) is 0 Å². The van der Waals surface area contributed by atoms with Crippen molar-refractivity contribution in [1.29, 1.82) is 0 Å². The van der Waals surface area contributed by atoms with Crippen LogP contribution in [0.2, 0.25) is 0 Å². The van der Waals surface area contributed by atoms with Gasteiger partial charge in [0, 0.05) is 0 Å². The Labute approximate surface area is 191 Å². The first-order chi connectivity index (χ1) is 11.5. The van der Waals surface area contributed by atoms with Gasteiger partial charge in [0.05, 0.1) is 0 Å². The van der Waals surface area contributed by atoms with Crippen LogP contribution in [0, 0.1) is 10.8 Å². The van der Waals surface area contributed by atoms with Crippen molar-refractivity contribution in [3.63, 3.8) is 0 Å². The Morgan fingerprint density at radius 1 is 1.07 bits per heavy atom. The first-order valence-corrected chi connectivity index (χ1v) is 10.4. The van der Waals surface area contributed by atoms with Crippen LogP contribution in [0.5, 0.6) is 0 Å². The van der Waals surface area contributed by atoms with Gasteiger partial charge < -0.3 is 24.8 Å². The van der Waals surface area contributed by atoms with Crippen LogP contribution in [0.4, 0.5) is 0 Å². The molecule has 2 rings (SSSR count). The van der Waals surface area contributed by atoms with Gasteiger partial charge in [-0.2, -0.15) is 0 Å². The molecule has 1 nitrogen and oxygen atoms in total. The van der Waals surface area contributed by atoms with E-state index in [1.54, 1.807) is 0 Å². The summed E-state index contributed by atoms with van der Waals surface area (Å²) in [5, 5.41) is 0. The molecule has 0 N–H and O–H groups in total. The number of halogens is 2. The summed E-state index contributed by atoms with van der Waals surface area (Å²) in [6, 6.07) is 0. The minimum absolute atomic E-state index is 0. The molecule has 151 valence electrons. The smallest absolute Gasteiger partial charge is 1.00 e. The summed E-state index contributed by atoms with van der Waals surface area (Å²) in [6.07, 6.45) is 13.6. The van der Waals surface area contributed by atoms with Crippen LogP contribution in [0.25, 0.3) is 0 Å². The topological polar surface area (TPSA) is 9.23 Å². The molecule has 0 saturated heterocycles. The van der Waals surface area contributed by atoms with Crippen LogP contribution in [-0.4, -0.2) is 12.2 Å². The summed E-state index contributed by atoms with van der Waals surface area (Å²) in [5.41, 5.74) is 4.44. The van der Waals surface area contributed by atoms with E-state index in [2.05, 4.69) is 93.2 Å². The molecule has 0 fully saturated rings. The number of hydrogen-bond acceptors (Lipinski definition) is 1. The second-order valence-electron chi connectivity index (χ2n) is 9.55. The van der Waals surface area contributed by atoms with Gasteiger partial charge >= 0.3 is 167 Å². The molecule has 1 unspecified atom stereocenters. The second kappa shape index (κ2) is 10.3. The van der Waals surface area contributed by atoms with Gasteiger partial charge in [0.2, 0.25) is 0 Å². The molecule has 4 heteroatoms. The summed E-state index contributed by atoms with van der Waals surface area (Å²) < 4.78 is 8.15. The number of ether oxygens (including phenoxy) is 1. The van der Waals surface area contributed by atoms with E-state index >= 15 is 0 Å². The Morgan fingerprint density at radius 3 is 2.15 bits per heavy atom. The molecule has 0 bridgehead atoms. The molecule has 0 saturated carbocycles. The summed E-state index contributed by atoms with van der Waals surface area (Å²) >= 11 is 2.27. The maximum Gasteiger partial charge on any atom is -1.00 e. The third-order valence-electron chi connectivity index (χ3n) is 5.20. The van der Waals surface area contributed by atoms with Crippen LogP contribution in [0.15, 0.2) is 44.9 Å². The minimum Gasteiger partial charge on any atom is -1.00 e. The van der Waals surface area contributed by atoms with Crippen LogP contribution < -0.4 is 24.8 Å². The van der Waals surface area contributed by atoms with Gasteiger partial charge in [-0.25, -0.2) is 0 Å². The van der Waals surface area contributed by atoms with Crippen molar-refractivity contribution in [3.8, 4) is 0 Å². The van der Waals surface area contributed by atoms with E-state index in [0.717, 1.165) is 32.3 Å². The largest absolute Gasteiger partial charge is 1.00 e. The van der Waals surface area contributed by atoms with Crippen molar-refractivity contribution >= 4 is 0 Å². The molecule has 0 heterocycles. The Morgan fingerprint density at radius 2 is 1.70 bits per heavy atom. The molecule has 2 aliphatic carbocycles. The number of rotatable bonds is 5. The van der Waals surface area contributed by atoms with Crippen LogP contribution >= 0.6 is 0 Å². The molecule has 2 aliphatic rings. The van der Waals surface area contributed by atoms with E-state index < -0.39 is 0 Å². The van der Waals surface area contributed by atoms with Crippen LogP contribution in [-0.2, 0) is 25.2 Å². The molecule has 0 radical (unpaired) electrons. The van der Waals surface area contributed by atoms with Gasteiger partial charge in [-0.15, -0.1) is 0 Å². The molecule has 0 aromatic heterocycles. The van der Waals surface area contributed by atoms with Crippen LogP contribution in [0.3, 0.4) is 0 Å². The quantitative estimate of drug-likeness (QED) is 0.565. The van der Waals surface area contributed by atoms with Crippen molar-refractivity contribution in [1.82, 2.24) is 0 Å². The zero-order chi connectivity index (χ0) is 18.9. The fraction of sp³-hybridized carbons (Fsp3) is 0.652. The average Bonchev–Trinajstić information content (AvgIpc) is 2.88. The summed E-state index contributed by atoms with van der Waals surface area (Å²) in [7, 11) is 0. The normalized spacial score (nSPS) is 22.9. The molecular formula is C23H35Cl2OTi. The summed E-state index contributed by atoms with van der Waals surface area (Å²) in [6.45, 7) is 16.9. The standard InChI is InChI=1S/C23H35O.2ClH.Ti/c1-8-15-24-23(17-18-11-9-10-12-18)14-13-19(21(2,3)4)16-20(23)22(5,6)7;;;/h9,11,13,16H,8,10,14-15,17H2,1-7H3;2*1H;/q;;;+2/p-2. The van der Waals surface area contributed by atoms with E-state index in [4.69, 9.17) is 4.74 Å².